The number of benzene rings is 1. The van der Waals surface area contributed by atoms with Crippen molar-refractivity contribution in [2.24, 2.45) is 0 Å². The van der Waals surface area contributed by atoms with Crippen LogP contribution in [0.25, 0.3) is 0 Å². The van der Waals surface area contributed by atoms with Crippen molar-refractivity contribution in [3.8, 4) is 0 Å². The van der Waals surface area contributed by atoms with E-state index >= 15 is 0 Å². The molecule has 1 aliphatic heterocycles. The molecule has 0 aliphatic carbocycles. The molecule has 1 saturated heterocycles. The van der Waals surface area contributed by atoms with E-state index in [4.69, 9.17) is 4.74 Å². The first kappa shape index (κ1) is 20.0. The Labute approximate surface area is 155 Å². The summed E-state index contributed by atoms with van der Waals surface area (Å²) in [6.07, 6.45) is 4.72. The normalized spacial score (nSPS) is 14.2. The van der Waals surface area contributed by atoms with E-state index in [-0.39, 0.29) is 12.5 Å². The predicted molar refractivity (Wildman–Crippen MR) is 102 cm³/mol. The lowest BCUT2D eigenvalue weighted by Gasteiger charge is -2.34. The Kier molecular flexibility index (Phi) is 8.69. The van der Waals surface area contributed by atoms with E-state index < -0.39 is 12.1 Å². The second-order valence-corrected chi connectivity index (χ2v) is 6.43. The van der Waals surface area contributed by atoms with Crippen LogP contribution in [-0.2, 0) is 16.1 Å². The summed E-state index contributed by atoms with van der Waals surface area (Å²) >= 11 is 0. The van der Waals surface area contributed by atoms with Crippen molar-refractivity contribution in [1.29, 1.82) is 0 Å². The number of carbonyl (C=O) groups is 2. The number of hydrogen-bond acceptors (Lipinski definition) is 4. The molecule has 142 valence electrons. The molecule has 0 radical (unpaired) electrons. The minimum absolute atomic E-state index is 0.00744. The van der Waals surface area contributed by atoms with E-state index in [1.54, 1.807) is 4.90 Å². The summed E-state index contributed by atoms with van der Waals surface area (Å²) in [7, 11) is 0. The quantitative estimate of drug-likeness (QED) is 0.470. The average molecular weight is 359 g/mol. The Hall–Kier alpha value is -2.34. The zero-order valence-electron chi connectivity index (χ0n) is 15.3. The lowest BCUT2D eigenvalue weighted by molar-refractivity contribution is -0.137. The van der Waals surface area contributed by atoms with Crippen LogP contribution in [-0.4, -0.2) is 49.1 Å². The number of rotatable bonds is 11. The van der Waals surface area contributed by atoms with E-state index in [0.717, 1.165) is 51.0 Å². The molecule has 2 N–H and O–H groups in total. The van der Waals surface area contributed by atoms with Crippen LogP contribution < -0.4 is 10.6 Å². The molecule has 0 aromatic heterocycles. The maximum atomic E-state index is 12.5. The number of carbonyl (C=O) groups excluding carboxylic acids is 2. The molecule has 26 heavy (non-hydrogen) atoms. The molecule has 1 fully saturated rings. The van der Waals surface area contributed by atoms with Gasteiger partial charge in [0, 0.05) is 19.6 Å². The number of amides is 2. The molecule has 0 bridgehead atoms. The lowest BCUT2D eigenvalue weighted by atomic mass is 10.1. The first-order chi connectivity index (χ1) is 12.7. The monoisotopic (exact) mass is 359 g/mol. The van der Waals surface area contributed by atoms with Gasteiger partial charge in [-0.1, -0.05) is 36.4 Å². The van der Waals surface area contributed by atoms with Crippen molar-refractivity contribution >= 4 is 12.0 Å². The third-order valence-electron chi connectivity index (χ3n) is 4.36. The van der Waals surface area contributed by atoms with E-state index in [1.165, 1.54) is 0 Å². The Morgan fingerprint density at radius 2 is 2.00 bits per heavy atom. The van der Waals surface area contributed by atoms with Gasteiger partial charge in [0.1, 0.15) is 12.6 Å². The number of unbranched alkanes of at least 4 members (excludes halogenated alkanes) is 1. The third kappa shape index (κ3) is 6.88. The van der Waals surface area contributed by atoms with Crippen LogP contribution in [0.4, 0.5) is 4.79 Å². The van der Waals surface area contributed by atoms with Gasteiger partial charge in [0.05, 0.1) is 0 Å². The second-order valence-electron chi connectivity index (χ2n) is 6.43. The van der Waals surface area contributed by atoms with Crippen LogP contribution in [0.5, 0.6) is 0 Å². The molecule has 0 spiro atoms. The van der Waals surface area contributed by atoms with E-state index in [2.05, 4.69) is 17.2 Å². The van der Waals surface area contributed by atoms with Gasteiger partial charge in [-0.3, -0.25) is 4.79 Å². The zero-order chi connectivity index (χ0) is 18.6. The minimum atomic E-state index is -0.544. The Morgan fingerprint density at radius 1 is 1.23 bits per heavy atom. The molecule has 2 amide bonds. The molecule has 1 aliphatic rings. The SMILES string of the molecule is C=CCNCCCC[C@H](NC(=O)OCc1ccccc1)C(=O)N1CCC1. The van der Waals surface area contributed by atoms with E-state index in [0.29, 0.717) is 6.42 Å². The molecule has 6 heteroatoms. The molecule has 6 nitrogen and oxygen atoms in total. The van der Waals surface area contributed by atoms with Crippen LogP contribution in [0.1, 0.15) is 31.2 Å². The van der Waals surface area contributed by atoms with Crippen LogP contribution in [0, 0.1) is 0 Å². The van der Waals surface area contributed by atoms with Gasteiger partial charge in [-0.15, -0.1) is 6.58 Å². The molecule has 1 heterocycles. The molecule has 2 rings (SSSR count). The van der Waals surface area contributed by atoms with Gasteiger partial charge in [0.25, 0.3) is 0 Å². The standard InChI is InChI=1S/C20H29N3O3/c1-2-12-21-13-7-6-11-18(19(24)23-14-8-15-23)22-20(25)26-16-17-9-4-3-5-10-17/h2-5,9-10,18,21H,1,6-8,11-16H2,(H,22,25)/t18-/m0/s1. The second kappa shape index (κ2) is 11.3. The number of ether oxygens (including phenoxy) is 1. The highest BCUT2D eigenvalue weighted by molar-refractivity contribution is 5.86. The van der Waals surface area contributed by atoms with Crippen molar-refractivity contribution in [3.63, 3.8) is 0 Å². The van der Waals surface area contributed by atoms with Gasteiger partial charge in [-0.05, 0) is 37.8 Å². The maximum absolute atomic E-state index is 12.5. The number of nitrogens with one attached hydrogen (secondary N) is 2. The molecule has 1 aromatic carbocycles. The number of nitrogens with zero attached hydrogens (tertiary/aromatic N) is 1. The smallest absolute Gasteiger partial charge is 0.408 e. The number of hydrogen-bond donors (Lipinski definition) is 2. The zero-order valence-corrected chi connectivity index (χ0v) is 15.3. The molecular weight excluding hydrogens is 330 g/mol. The summed E-state index contributed by atoms with van der Waals surface area (Å²) in [6, 6.07) is 8.98. The van der Waals surface area contributed by atoms with E-state index in [1.807, 2.05) is 36.4 Å². The van der Waals surface area contributed by atoms with Gasteiger partial charge in [0.2, 0.25) is 5.91 Å². The fraction of sp³-hybridized carbons (Fsp3) is 0.500. The van der Waals surface area contributed by atoms with Crippen molar-refractivity contribution < 1.29 is 14.3 Å². The third-order valence-corrected chi connectivity index (χ3v) is 4.36. The van der Waals surface area contributed by atoms with Crippen LogP contribution in [0.15, 0.2) is 43.0 Å². The molecule has 0 saturated carbocycles. The van der Waals surface area contributed by atoms with Crippen LogP contribution in [0.2, 0.25) is 0 Å². The van der Waals surface area contributed by atoms with Crippen molar-refractivity contribution in [1.82, 2.24) is 15.5 Å². The van der Waals surface area contributed by atoms with Crippen molar-refractivity contribution in [2.45, 2.75) is 38.3 Å². The summed E-state index contributed by atoms with van der Waals surface area (Å²) < 4.78 is 5.26. The van der Waals surface area contributed by atoms with Gasteiger partial charge < -0.3 is 20.3 Å². The number of alkyl carbamates (subject to hydrolysis) is 1. The van der Waals surface area contributed by atoms with Crippen LogP contribution >= 0.6 is 0 Å². The fourth-order valence-corrected chi connectivity index (χ4v) is 2.72. The van der Waals surface area contributed by atoms with E-state index in [9.17, 15) is 9.59 Å². The van der Waals surface area contributed by atoms with Crippen LogP contribution in [0.3, 0.4) is 0 Å². The Bertz CT molecular complexity index is 573. The summed E-state index contributed by atoms with van der Waals surface area (Å²) in [5, 5.41) is 5.99. The molecular formula is C20H29N3O3. The Balaban J connectivity index is 1.77. The maximum Gasteiger partial charge on any atom is 0.408 e. The fourth-order valence-electron chi connectivity index (χ4n) is 2.72. The number of likely N-dealkylation sites (tertiary alicyclic amines) is 1. The largest absolute Gasteiger partial charge is 0.445 e. The highest BCUT2D eigenvalue weighted by atomic mass is 16.5. The Morgan fingerprint density at radius 3 is 2.65 bits per heavy atom. The molecule has 1 atom stereocenters. The van der Waals surface area contributed by atoms with Gasteiger partial charge >= 0.3 is 6.09 Å². The van der Waals surface area contributed by atoms with Crippen molar-refractivity contribution in [3.05, 3.63) is 48.6 Å². The summed E-state index contributed by atoms with van der Waals surface area (Å²) in [6.45, 7) is 7.06. The lowest BCUT2D eigenvalue weighted by Crippen LogP contribution is -2.53. The van der Waals surface area contributed by atoms with Gasteiger partial charge in [0.15, 0.2) is 0 Å². The first-order valence-corrected chi connectivity index (χ1v) is 9.28. The summed E-state index contributed by atoms with van der Waals surface area (Å²) in [5.41, 5.74) is 0.918. The molecule has 0 unspecified atom stereocenters. The molecule has 1 aromatic rings. The highest BCUT2D eigenvalue weighted by Gasteiger charge is 2.29. The van der Waals surface area contributed by atoms with Crippen molar-refractivity contribution in [2.75, 3.05) is 26.2 Å². The summed E-state index contributed by atoms with van der Waals surface area (Å²) in [5.74, 6) is -0.00744. The minimum Gasteiger partial charge on any atom is -0.445 e. The first-order valence-electron chi connectivity index (χ1n) is 9.28. The topological polar surface area (TPSA) is 70.7 Å². The average Bonchev–Trinajstić information content (AvgIpc) is 2.61. The summed E-state index contributed by atoms with van der Waals surface area (Å²) in [4.78, 5) is 26.4. The highest BCUT2D eigenvalue weighted by Crippen LogP contribution is 2.12. The predicted octanol–water partition coefficient (Wildman–Crippen LogP) is 2.46. The van der Waals surface area contributed by atoms with Gasteiger partial charge in [-0.25, -0.2) is 4.79 Å². The van der Waals surface area contributed by atoms with Gasteiger partial charge in [-0.2, -0.15) is 0 Å².